The van der Waals surface area contributed by atoms with Crippen LogP contribution in [0.5, 0.6) is 0 Å². The lowest BCUT2D eigenvalue weighted by Gasteiger charge is -2.30. The molecule has 3 aromatic rings. The SMILES string of the molecule is CCCc1c(C(=O)Nc2ccc(C(C)C(=O)N3CCNCC3)cc2)cnn1-c1ccc(Cl)cc1. The van der Waals surface area contributed by atoms with E-state index >= 15 is 0 Å². The van der Waals surface area contributed by atoms with Gasteiger partial charge in [-0.2, -0.15) is 5.10 Å². The Labute approximate surface area is 205 Å². The number of anilines is 1. The van der Waals surface area contributed by atoms with Crippen LogP contribution in [0.15, 0.2) is 54.7 Å². The third-order valence-electron chi connectivity index (χ3n) is 6.14. The summed E-state index contributed by atoms with van der Waals surface area (Å²) in [5.41, 5.74) is 3.87. The normalized spacial score (nSPS) is 14.6. The molecular weight excluding hydrogens is 450 g/mol. The Kier molecular flexibility index (Phi) is 7.65. The number of halogens is 1. The van der Waals surface area contributed by atoms with Crippen molar-refractivity contribution in [2.75, 3.05) is 31.5 Å². The smallest absolute Gasteiger partial charge is 0.259 e. The number of amides is 2. The predicted molar refractivity (Wildman–Crippen MR) is 135 cm³/mol. The van der Waals surface area contributed by atoms with Crippen molar-refractivity contribution in [3.8, 4) is 5.69 Å². The molecule has 1 fully saturated rings. The average Bonchev–Trinajstić information content (AvgIpc) is 3.28. The highest BCUT2D eigenvalue weighted by molar-refractivity contribution is 6.30. The van der Waals surface area contributed by atoms with Crippen LogP contribution in [-0.4, -0.2) is 52.7 Å². The van der Waals surface area contributed by atoms with Crippen LogP contribution in [0.3, 0.4) is 0 Å². The molecule has 7 nitrogen and oxygen atoms in total. The first-order valence-corrected chi connectivity index (χ1v) is 12.1. The summed E-state index contributed by atoms with van der Waals surface area (Å²) >= 11 is 6.02. The van der Waals surface area contributed by atoms with Gasteiger partial charge in [0.1, 0.15) is 0 Å². The van der Waals surface area contributed by atoms with E-state index in [0.29, 0.717) is 16.3 Å². The first-order chi connectivity index (χ1) is 16.5. The molecule has 34 heavy (non-hydrogen) atoms. The molecule has 0 saturated carbocycles. The summed E-state index contributed by atoms with van der Waals surface area (Å²) in [7, 11) is 0. The summed E-state index contributed by atoms with van der Waals surface area (Å²) in [6.45, 7) is 7.14. The number of hydrogen-bond acceptors (Lipinski definition) is 4. The third kappa shape index (κ3) is 5.32. The molecule has 0 aliphatic carbocycles. The van der Waals surface area contributed by atoms with Crippen LogP contribution < -0.4 is 10.6 Å². The molecule has 4 rings (SSSR count). The predicted octanol–water partition coefficient (Wildman–Crippen LogP) is 4.27. The molecule has 8 heteroatoms. The van der Waals surface area contributed by atoms with Gasteiger partial charge in [0.15, 0.2) is 0 Å². The van der Waals surface area contributed by atoms with Gasteiger partial charge in [-0.05, 0) is 55.3 Å². The Morgan fingerprint density at radius 2 is 1.76 bits per heavy atom. The molecule has 1 aliphatic heterocycles. The van der Waals surface area contributed by atoms with Gasteiger partial charge in [-0.15, -0.1) is 0 Å². The molecule has 1 aromatic heterocycles. The minimum absolute atomic E-state index is 0.136. The number of piperazine rings is 1. The van der Waals surface area contributed by atoms with Gasteiger partial charge in [-0.3, -0.25) is 9.59 Å². The van der Waals surface area contributed by atoms with Crippen molar-refractivity contribution in [2.45, 2.75) is 32.6 Å². The van der Waals surface area contributed by atoms with Crippen LogP contribution in [0, 0.1) is 0 Å². The van der Waals surface area contributed by atoms with E-state index in [0.717, 1.165) is 56.0 Å². The van der Waals surface area contributed by atoms with Gasteiger partial charge < -0.3 is 15.5 Å². The molecule has 178 valence electrons. The molecule has 2 aromatic carbocycles. The van der Waals surface area contributed by atoms with Crippen molar-refractivity contribution in [1.29, 1.82) is 0 Å². The van der Waals surface area contributed by atoms with Gasteiger partial charge in [0.2, 0.25) is 5.91 Å². The van der Waals surface area contributed by atoms with E-state index in [1.54, 1.807) is 10.9 Å². The lowest BCUT2D eigenvalue weighted by molar-refractivity contribution is -0.133. The summed E-state index contributed by atoms with van der Waals surface area (Å²) in [5.74, 6) is -0.296. The molecular formula is C26H30ClN5O2. The fraction of sp³-hybridized carbons (Fsp3) is 0.346. The summed E-state index contributed by atoms with van der Waals surface area (Å²) < 4.78 is 1.79. The second-order valence-corrected chi connectivity index (χ2v) is 8.95. The van der Waals surface area contributed by atoms with E-state index in [-0.39, 0.29) is 17.7 Å². The third-order valence-corrected chi connectivity index (χ3v) is 6.39. The van der Waals surface area contributed by atoms with Crippen molar-refractivity contribution < 1.29 is 9.59 Å². The van der Waals surface area contributed by atoms with Crippen molar-refractivity contribution in [1.82, 2.24) is 20.0 Å². The minimum atomic E-state index is -0.225. The Hall–Kier alpha value is -3.16. The van der Waals surface area contributed by atoms with Gasteiger partial charge in [0.25, 0.3) is 5.91 Å². The van der Waals surface area contributed by atoms with E-state index in [9.17, 15) is 9.59 Å². The van der Waals surface area contributed by atoms with E-state index in [2.05, 4.69) is 22.7 Å². The topological polar surface area (TPSA) is 79.3 Å². The number of hydrogen-bond donors (Lipinski definition) is 2. The van der Waals surface area contributed by atoms with Crippen LogP contribution in [0.4, 0.5) is 5.69 Å². The van der Waals surface area contributed by atoms with Crippen LogP contribution in [0.2, 0.25) is 5.02 Å². The van der Waals surface area contributed by atoms with Crippen LogP contribution in [0.1, 0.15) is 47.8 Å². The molecule has 1 unspecified atom stereocenters. The fourth-order valence-corrected chi connectivity index (χ4v) is 4.33. The van der Waals surface area contributed by atoms with Crippen LogP contribution in [-0.2, 0) is 11.2 Å². The second-order valence-electron chi connectivity index (χ2n) is 8.52. The Morgan fingerprint density at radius 3 is 2.41 bits per heavy atom. The molecule has 1 aliphatic rings. The Bertz CT molecular complexity index is 1140. The van der Waals surface area contributed by atoms with Crippen LogP contribution >= 0.6 is 11.6 Å². The van der Waals surface area contributed by atoms with E-state index in [4.69, 9.17) is 11.6 Å². The van der Waals surface area contributed by atoms with Crippen LogP contribution in [0.25, 0.3) is 5.69 Å². The number of nitrogens with zero attached hydrogens (tertiary/aromatic N) is 3. The maximum Gasteiger partial charge on any atom is 0.259 e. The zero-order valence-corrected chi connectivity index (χ0v) is 20.3. The fourth-order valence-electron chi connectivity index (χ4n) is 4.20. The standard InChI is InChI=1S/C26H30ClN5O2/c1-3-4-24-23(17-29-32(24)22-11-7-20(27)8-12-22)25(33)30-21-9-5-19(6-10-21)18(2)26(34)31-15-13-28-14-16-31/h5-12,17-18,28H,3-4,13-16H2,1-2H3,(H,30,33). The second kappa shape index (κ2) is 10.8. The quantitative estimate of drug-likeness (QED) is 0.530. The minimum Gasteiger partial charge on any atom is -0.340 e. The number of carbonyl (C=O) groups excluding carboxylic acids is 2. The van der Waals surface area contributed by atoms with Crippen molar-refractivity contribution >= 4 is 29.1 Å². The van der Waals surface area contributed by atoms with E-state index in [1.165, 1.54) is 0 Å². The summed E-state index contributed by atoms with van der Waals surface area (Å²) in [6, 6.07) is 14.9. The average molecular weight is 480 g/mol. The van der Waals surface area contributed by atoms with E-state index in [1.807, 2.05) is 60.4 Å². The van der Waals surface area contributed by atoms with Gasteiger partial charge in [0, 0.05) is 36.9 Å². The summed E-state index contributed by atoms with van der Waals surface area (Å²) in [6.07, 6.45) is 3.21. The highest BCUT2D eigenvalue weighted by Gasteiger charge is 2.23. The molecule has 2 amide bonds. The van der Waals surface area contributed by atoms with Crippen molar-refractivity contribution in [3.63, 3.8) is 0 Å². The number of rotatable bonds is 7. The maximum atomic E-state index is 13.1. The number of benzene rings is 2. The lowest BCUT2D eigenvalue weighted by Crippen LogP contribution is -2.47. The van der Waals surface area contributed by atoms with Gasteiger partial charge in [-0.1, -0.05) is 37.1 Å². The zero-order chi connectivity index (χ0) is 24.1. The van der Waals surface area contributed by atoms with Crippen molar-refractivity contribution in [3.05, 3.63) is 76.6 Å². The zero-order valence-electron chi connectivity index (χ0n) is 19.6. The maximum absolute atomic E-state index is 13.1. The largest absolute Gasteiger partial charge is 0.340 e. The molecule has 0 bridgehead atoms. The highest BCUT2D eigenvalue weighted by atomic mass is 35.5. The number of nitrogens with one attached hydrogen (secondary N) is 2. The molecule has 1 atom stereocenters. The monoisotopic (exact) mass is 479 g/mol. The summed E-state index contributed by atoms with van der Waals surface area (Å²) in [5, 5.41) is 11.4. The molecule has 0 radical (unpaired) electrons. The van der Waals surface area contributed by atoms with E-state index < -0.39 is 0 Å². The Balaban J connectivity index is 1.47. The first kappa shape index (κ1) is 24.0. The summed E-state index contributed by atoms with van der Waals surface area (Å²) in [4.78, 5) is 27.8. The number of aromatic nitrogens is 2. The molecule has 2 N–H and O–H groups in total. The van der Waals surface area contributed by atoms with Gasteiger partial charge in [-0.25, -0.2) is 4.68 Å². The lowest BCUT2D eigenvalue weighted by atomic mass is 9.99. The molecule has 2 heterocycles. The van der Waals surface area contributed by atoms with Crippen molar-refractivity contribution in [2.24, 2.45) is 0 Å². The first-order valence-electron chi connectivity index (χ1n) is 11.7. The number of carbonyl (C=O) groups is 2. The van der Waals surface area contributed by atoms with Gasteiger partial charge in [0.05, 0.1) is 29.1 Å². The highest BCUT2D eigenvalue weighted by Crippen LogP contribution is 2.23. The molecule has 0 spiro atoms. The molecule has 1 saturated heterocycles. The Morgan fingerprint density at radius 1 is 1.09 bits per heavy atom. The van der Waals surface area contributed by atoms with Gasteiger partial charge >= 0.3 is 0 Å².